The maximum Gasteiger partial charge on any atom is 0.261 e. The van der Waals surface area contributed by atoms with E-state index in [1.54, 1.807) is 35.1 Å². The highest BCUT2D eigenvalue weighted by atomic mass is 16.5. The molecule has 31 heavy (non-hydrogen) atoms. The summed E-state index contributed by atoms with van der Waals surface area (Å²) in [4.78, 5) is 16.5. The summed E-state index contributed by atoms with van der Waals surface area (Å²) in [6, 6.07) is 16.3. The van der Waals surface area contributed by atoms with Crippen LogP contribution in [0.15, 0.2) is 60.8 Å². The summed E-state index contributed by atoms with van der Waals surface area (Å²) in [6.45, 7) is 3.91. The smallest absolute Gasteiger partial charge is 0.261 e. The molecular formula is C22H21N7O2. The van der Waals surface area contributed by atoms with Crippen LogP contribution in [-0.4, -0.2) is 38.0 Å². The molecule has 0 saturated heterocycles. The Bertz CT molecular complexity index is 1200. The van der Waals surface area contributed by atoms with Crippen LogP contribution in [0, 0.1) is 13.8 Å². The molecule has 4 aromatic rings. The van der Waals surface area contributed by atoms with E-state index in [9.17, 15) is 4.79 Å². The van der Waals surface area contributed by atoms with E-state index >= 15 is 0 Å². The second-order valence-corrected chi connectivity index (χ2v) is 6.83. The second kappa shape index (κ2) is 8.62. The first-order valence-corrected chi connectivity index (χ1v) is 9.58. The number of rotatable bonds is 6. The van der Waals surface area contributed by atoms with Gasteiger partial charge in [-0.05, 0) is 68.4 Å². The summed E-state index contributed by atoms with van der Waals surface area (Å²) in [5.41, 5.74) is 3.74. The van der Waals surface area contributed by atoms with E-state index in [4.69, 9.17) is 4.74 Å². The van der Waals surface area contributed by atoms with Crippen LogP contribution in [-0.2, 0) is 0 Å². The van der Waals surface area contributed by atoms with Crippen molar-refractivity contribution < 1.29 is 9.53 Å². The molecule has 9 heteroatoms. The molecule has 0 saturated carbocycles. The summed E-state index contributed by atoms with van der Waals surface area (Å²) in [7, 11) is 1.48. The van der Waals surface area contributed by atoms with Crippen LogP contribution in [0.1, 0.15) is 21.7 Å². The number of nitrogens with one attached hydrogen (secondary N) is 2. The number of anilines is 3. The lowest BCUT2D eigenvalue weighted by Gasteiger charge is -2.10. The number of carbonyl (C=O) groups excluding carboxylic acids is 1. The normalized spacial score (nSPS) is 10.5. The number of benzene rings is 1. The molecule has 0 aliphatic heterocycles. The van der Waals surface area contributed by atoms with Crippen LogP contribution in [0.5, 0.6) is 5.88 Å². The van der Waals surface area contributed by atoms with E-state index in [-0.39, 0.29) is 11.8 Å². The maximum atomic E-state index is 12.5. The van der Waals surface area contributed by atoms with Crippen LogP contribution in [0.2, 0.25) is 0 Å². The standard InChI is InChI=1S/C22H21N7O2/c1-14-13-15(2)29(28-14)20-11-10-19(26-27-20)24-16-6-8-17(9-7-16)25-21(30)18-5-4-12-23-22(18)31-3/h4-13H,1-3H3,(H,24,26)(H,25,30). The predicted molar refractivity (Wildman–Crippen MR) is 117 cm³/mol. The summed E-state index contributed by atoms with van der Waals surface area (Å²) in [6.07, 6.45) is 1.57. The molecule has 9 nitrogen and oxygen atoms in total. The third-order valence-electron chi connectivity index (χ3n) is 4.50. The van der Waals surface area contributed by atoms with E-state index in [1.165, 1.54) is 7.11 Å². The zero-order chi connectivity index (χ0) is 21.8. The number of methoxy groups -OCH3 is 1. The average molecular weight is 415 g/mol. The predicted octanol–water partition coefficient (Wildman–Crippen LogP) is 3.68. The fraction of sp³-hybridized carbons (Fsp3) is 0.136. The number of pyridine rings is 1. The number of nitrogens with zero attached hydrogens (tertiary/aromatic N) is 5. The van der Waals surface area contributed by atoms with Gasteiger partial charge >= 0.3 is 0 Å². The molecular weight excluding hydrogens is 394 g/mol. The molecule has 3 aromatic heterocycles. The lowest BCUT2D eigenvalue weighted by molar-refractivity contribution is 0.102. The van der Waals surface area contributed by atoms with Gasteiger partial charge in [0.05, 0.1) is 12.8 Å². The fourth-order valence-electron chi connectivity index (χ4n) is 3.08. The highest BCUT2D eigenvalue weighted by Crippen LogP contribution is 2.20. The number of hydrogen-bond donors (Lipinski definition) is 2. The average Bonchev–Trinajstić information content (AvgIpc) is 3.13. The van der Waals surface area contributed by atoms with Gasteiger partial charge in [0.25, 0.3) is 5.91 Å². The van der Waals surface area contributed by atoms with Crippen molar-refractivity contribution in [3.05, 3.63) is 77.7 Å². The fourth-order valence-corrected chi connectivity index (χ4v) is 3.08. The number of amides is 1. The summed E-state index contributed by atoms with van der Waals surface area (Å²) >= 11 is 0. The zero-order valence-corrected chi connectivity index (χ0v) is 17.3. The van der Waals surface area contributed by atoms with Gasteiger partial charge in [-0.3, -0.25) is 4.79 Å². The lowest BCUT2D eigenvalue weighted by atomic mass is 10.2. The molecule has 0 bridgehead atoms. The van der Waals surface area contributed by atoms with Crippen molar-refractivity contribution in [1.29, 1.82) is 0 Å². The summed E-state index contributed by atoms with van der Waals surface area (Å²) < 4.78 is 6.88. The number of aryl methyl sites for hydroxylation is 2. The lowest BCUT2D eigenvalue weighted by Crippen LogP contribution is -2.13. The van der Waals surface area contributed by atoms with Crippen molar-refractivity contribution in [2.45, 2.75) is 13.8 Å². The molecule has 0 aliphatic carbocycles. The number of hydrogen-bond acceptors (Lipinski definition) is 7. The molecule has 0 atom stereocenters. The molecule has 4 rings (SSSR count). The number of aromatic nitrogens is 5. The molecule has 0 unspecified atom stereocenters. The first kappa shape index (κ1) is 20.0. The Morgan fingerprint density at radius 3 is 2.42 bits per heavy atom. The van der Waals surface area contributed by atoms with Crippen molar-refractivity contribution in [2.24, 2.45) is 0 Å². The third-order valence-corrected chi connectivity index (χ3v) is 4.50. The van der Waals surface area contributed by atoms with E-state index in [1.807, 2.05) is 44.2 Å². The van der Waals surface area contributed by atoms with Gasteiger partial charge in [0.1, 0.15) is 5.56 Å². The highest BCUT2D eigenvalue weighted by molar-refractivity contribution is 6.05. The maximum absolute atomic E-state index is 12.5. The van der Waals surface area contributed by atoms with Gasteiger partial charge in [0.2, 0.25) is 5.88 Å². The summed E-state index contributed by atoms with van der Waals surface area (Å²) in [5, 5.41) is 18.9. The van der Waals surface area contributed by atoms with Crippen LogP contribution >= 0.6 is 0 Å². The van der Waals surface area contributed by atoms with Gasteiger partial charge < -0.3 is 15.4 Å². The minimum absolute atomic E-state index is 0.278. The quantitative estimate of drug-likeness (QED) is 0.495. The SMILES string of the molecule is COc1ncccc1C(=O)Nc1ccc(Nc2ccc(-n3nc(C)cc3C)nn2)cc1. The van der Waals surface area contributed by atoms with Crippen molar-refractivity contribution >= 4 is 23.1 Å². The van der Waals surface area contributed by atoms with Gasteiger partial charge in [-0.25, -0.2) is 9.67 Å². The van der Waals surface area contributed by atoms with Gasteiger partial charge in [-0.1, -0.05) is 0 Å². The minimum atomic E-state index is -0.295. The number of carbonyl (C=O) groups is 1. The van der Waals surface area contributed by atoms with Gasteiger partial charge in [0, 0.05) is 23.3 Å². The Hall–Kier alpha value is -4.27. The number of ether oxygens (including phenoxy) is 1. The van der Waals surface area contributed by atoms with Crippen LogP contribution < -0.4 is 15.4 Å². The molecule has 1 amide bonds. The zero-order valence-electron chi connectivity index (χ0n) is 17.3. The molecule has 0 fully saturated rings. The first-order valence-electron chi connectivity index (χ1n) is 9.58. The van der Waals surface area contributed by atoms with E-state index in [2.05, 4.69) is 30.9 Å². The second-order valence-electron chi connectivity index (χ2n) is 6.83. The Kier molecular flexibility index (Phi) is 5.57. The summed E-state index contributed by atoms with van der Waals surface area (Å²) in [5.74, 6) is 1.24. The van der Waals surface area contributed by atoms with Gasteiger partial charge in [-0.2, -0.15) is 5.10 Å². The van der Waals surface area contributed by atoms with E-state index in [0.29, 0.717) is 22.9 Å². The minimum Gasteiger partial charge on any atom is -0.480 e. The molecule has 2 N–H and O–H groups in total. The van der Waals surface area contributed by atoms with E-state index in [0.717, 1.165) is 17.1 Å². The molecule has 1 aromatic carbocycles. The Labute approximate surface area is 179 Å². The topological polar surface area (TPSA) is 107 Å². The van der Waals surface area contributed by atoms with Gasteiger partial charge in [-0.15, -0.1) is 10.2 Å². The van der Waals surface area contributed by atoms with Crippen LogP contribution in [0.25, 0.3) is 5.82 Å². The third kappa shape index (κ3) is 4.50. The van der Waals surface area contributed by atoms with E-state index < -0.39 is 0 Å². The molecule has 0 spiro atoms. The largest absolute Gasteiger partial charge is 0.480 e. The highest BCUT2D eigenvalue weighted by Gasteiger charge is 2.13. The van der Waals surface area contributed by atoms with Gasteiger partial charge in [0.15, 0.2) is 11.6 Å². The molecule has 156 valence electrons. The molecule has 0 radical (unpaired) electrons. The van der Waals surface area contributed by atoms with Crippen molar-refractivity contribution in [3.63, 3.8) is 0 Å². The Morgan fingerprint density at radius 2 is 1.77 bits per heavy atom. The monoisotopic (exact) mass is 415 g/mol. The van der Waals surface area contributed by atoms with Crippen LogP contribution in [0.4, 0.5) is 17.2 Å². The molecule has 0 aliphatic rings. The first-order chi connectivity index (χ1) is 15.0. The molecule has 3 heterocycles. The Balaban J connectivity index is 1.41. The Morgan fingerprint density at radius 1 is 1.00 bits per heavy atom. The van der Waals surface area contributed by atoms with Crippen molar-refractivity contribution in [3.8, 4) is 11.7 Å². The van der Waals surface area contributed by atoms with Crippen LogP contribution in [0.3, 0.4) is 0 Å². The van der Waals surface area contributed by atoms with Crippen molar-refractivity contribution in [2.75, 3.05) is 17.7 Å². The van der Waals surface area contributed by atoms with Crippen molar-refractivity contribution in [1.82, 2.24) is 25.0 Å².